The highest BCUT2D eigenvalue weighted by Gasteiger charge is 2.11. The molecule has 1 unspecified atom stereocenters. The summed E-state index contributed by atoms with van der Waals surface area (Å²) in [6, 6.07) is 6.86. The quantitative estimate of drug-likeness (QED) is 0.656. The molecule has 1 aromatic rings. The summed E-state index contributed by atoms with van der Waals surface area (Å²) in [4.78, 5) is 0. The topological polar surface area (TPSA) is 21.3 Å². The van der Waals surface area contributed by atoms with Crippen molar-refractivity contribution in [2.24, 2.45) is 0 Å². The summed E-state index contributed by atoms with van der Waals surface area (Å²) in [5.74, 6) is 1.05. The molecule has 2 nitrogen and oxygen atoms in total. The maximum atomic E-state index is 5.98. The van der Waals surface area contributed by atoms with Crippen LogP contribution >= 0.6 is 0 Å². The summed E-state index contributed by atoms with van der Waals surface area (Å²) in [6.07, 6.45) is 4.77. The Morgan fingerprint density at radius 3 is 2.63 bits per heavy atom. The fourth-order valence-electron chi connectivity index (χ4n) is 2.13. The molecule has 0 fully saturated rings. The molecule has 1 rings (SSSR count). The highest BCUT2D eigenvalue weighted by atomic mass is 16.5. The maximum Gasteiger partial charge on any atom is 0.124 e. The maximum absolute atomic E-state index is 5.98. The molecule has 0 saturated heterocycles. The molecule has 108 valence electrons. The summed E-state index contributed by atoms with van der Waals surface area (Å²) < 4.78 is 5.98. The summed E-state index contributed by atoms with van der Waals surface area (Å²) in [6.45, 7) is 10.6. The third-order valence-electron chi connectivity index (χ3n) is 3.34. The van der Waals surface area contributed by atoms with Crippen LogP contribution in [-0.2, 0) is 0 Å². The second-order valence-electron chi connectivity index (χ2n) is 5.27. The van der Waals surface area contributed by atoms with Gasteiger partial charge in [-0.1, -0.05) is 38.8 Å². The van der Waals surface area contributed by atoms with E-state index in [2.05, 4.69) is 51.2 Å². The van der Waals surface area contributed by atoms with E-state index >= 15 is 0 Å². The van der Waals surface area contributed by atoms with E-state index in [4.69, 9.17) is 4.74 Å². The zero-order chi connectivity index (χ0) is 14.1. The molecule has 0 amide bonds. The molecule has 0 bridgehead atoms. The zero-order valence-electron chi connectivity index (χ0n) is 13.0. The molecular formula is C17H29NO. The highest BCUT2D eigenvalue weighted by Crippen LogP contribution is 2.26. The Bertz CT molecular complexity index is 362. The van der Waals surface area contributed by atoms with Crippen LogP contribution in [0.1, 0.15) is 63.6 Å². The molecular weight excluding hydrogens is 234 g/mol. The Hall–Kier alpha value is -1.02. The van der Waals surface area contributed by atoms with E-state index in [0.29, 0.717) is 6.04 Å². The van der Waals surface area contributed by atoms with Gasteiger partial charge in [0.2, 0.25) is 0 Å². The van der Waals surface area contributed by atoms with Gasteiger partial charge in [-0.05, 0) is 44.9 Å². The number of aryl methyl sites for hydroxylation is 1. The number of rotatable bonds is 9. The van der Waals surface area contributed by atoms with Crippen LogP contribution in [0.3, 0.4) is 0 Å². The van der Waals surface area contributed by atoms with Crippen LogP contribution in [0, 0.1) is 6.92 Å². The average molecular weight is 263 g/mol. The molecule has 0 radical (unpaired) electrons. The van der Waals surface area contributed by atoms with Gasteiger partial charge in [0.25, 0.3) is 0 Å². The third kappa shape index (κ3) is 5.65. The Labute approximate surface area is 118 Å². The van der Waals surface area contributed by atoms with Crippen LogP contribution < -0.4 is 10.1 Å². The minimum absolute atomic E-state index is 0.349. The van der Waals surface area contributed by atoms with E-state index in [-0.39, 0.29) is 0 Å². The van der Waals surface area contributed by atoms with E-state index in [1.165, 1.54) is 24.0 Å². The molecule has 0 aromatic heterocycles. The van der Waals surface area contributed by atoms with Crippen LogP contribution in [0.2, 0.25) is 0 Å². The normalized spacial score (nSPS) is 12.4. The van der Waals surface area contributed by atoms with E-state index in [0.717, 1.165) is 31.7 Å². The van der Waals surface area contributed by atoms with Crippen molar-refractivity contribution in [1.29, 1.82) is 0 Å². The first kappa shape index (κ1) is 16.0. The predicted molar refractivity (Wildman–Crippen MR) is 82.9 cm³/mol. The van der Waals surface area contributed by atoms with Crippen molar-refractivity contribution in [3.63, 3.8) is 0 Å². The van der Waals surface area contributed by atoms with Gasteiger partial charge in [0.1, 0.15) is 5.75 Å². The minimum Gasteiger partial charge on any atom is -0.493 e. The molecule has 0 aliphatic rings. The number of unbranched alkanes of at least 4 members (excludes halogenated alkanes) is 2. The zero-order valence-corrected chi connectivity index (χ0v) is 13.0. The van der Waals surface area contributed by atoms with Crippen molar-refractivity contribution in [3.8, 4) is 5.75 Å². The Kier molecular flexibility index (Phi) is 7.57. The van der Waals surface area contributed by atoms with Crippen LogP contribution in [0.15, 0.2) is 18.2 Å². The molecule has 0 saturated carbocycles. The summed E-state index contributed by atoms with van der Waals surface area (Å²) >= 11 is 0. The second kappa shape index (κ2) is 8.98. The number of benzene rings is 1. The smallest absolute Gasteiger partial charge is 0.124 e. The molecule has 0 spiro atoms. The lowest BCUT2D eigenvalue weighted by atomic mass is 10.0. The number of hydrogen-bond donors (Lipinski definition) is 1. The van der Waals surface area contributed by atoms with Crippen molar-refractivity contribution < 1.29 is 4.74 Å². The van der Waals surface area contributed by atoms with E-state index < -0.39 is 0 Å². The second-order valence-corrected chi connectivity index (χ2v) is 5.27. The molecule has 1 N–H and O–H groups in total. The SMILES string of the molecule is CCCCCOc1cc(C)ccc1C(C)NCCC. The number of ether oxygens (including phenoxy) is 1. The van der Waals surface area contributed by atoms with Gasteiger partial charge in [-0.25, -0.2) is 0 Å². The van der Waals surface area contributed by atoms with Gasteiger partial charge < -0.3 is 10.1 Å². The molecule has 0 aliphatic carbocycles. The standard InChI is InChI=1S/C17H29NO/c1-5-7-8-12-19-17-13-14(3)9-10-16(17)15(4)18-11-6-2/h9-10,13,15,18H,5-8,11-12H2,1-4H3. The lowest BCUT2D eigenvalue weighted by Crippen LogP contribution is -2.20. The van der Waals surface area contributed by atoms with Crippen molar-refractivity contribution in [2.75, 3.05) is 13.2 Å². The first-order valence-corrected chi connectivity index (χ1v) is 7.65. The van der Waals surface area contributed by atoms with Crippen molar-refractivity contribution in [1.82, 2.24) is 5.32 Å². The highest BCUT2D eigenvalue weighted by molar-refractivity contribution is 5.39. The first-order valence-electron chi connectivity index (χ1n) is 7.65. The fraction of sp³-hybridized carbons (Fsp3) is 0.647. The Morgan fingerprint density at radius 1 is 1.16 bits per heavy atom. The average Bonchev–Trinajstić information content (AvgIpc) is 2.41. The lowest BCUT2D eigenvalue weighted by Gasteiger charge is -2.18. The van der Waals surface area contributed by atoms with Crippen LogP contribution in [-0.4, -0.2) is 13.2 Å². The minimum atomic E-state index is 0.349. The Morgan fingerprint density at radius 2 is 1.95 bits per heavy atom. The monoisotopic (exact) mass is 263 g/mol. The van der Waals surface area contributed by atoms with E-state index in [1.54, 1.807) is 0 Å². The van der Waals surface area contributed by atoms with Gasteiger partial charge in [-0.2, -0.15) is 0 Å². The van der Waals surface area contributed by atoms with Gasteiger partial charge >= 0.3 is 0 Å². The van der Waals surface area contributed by atoms with Crippen molar-refractivity contribution in [2.45, 2.75) is 59.4 Å². The molecule has 0 aliphatic heterocycles. The molecule has 19 heavy (non-hydrogen) atoms. The van der Waals surface area contributed by atoms with Gasteiger partial charge in [0.05, 0.1) is 6.61 Å². The summed E-state index contributed by atoms with van der Waals surface area (Å²) in [5, 5.41) is 3.53. The molecule has 1 atom stereocenters. The van der Waals surface area contributed by atoms with Gasteiger partial charge in [0, 0.05) is 11.6 Å². The van der Waals surface area contributed by atoms with Crippen LogP contribution in [0.4, 0.5) is 0 Å². The Balaban J connectivity index is 2.67. The van der Waals surface area contributed by atoms with Gasteiger partial charge in [-0.3, -0.25) is 0 Å². The van der Waals surface area contributed by atoms with Gasteiger partial charge in [0.15, 0.2) is 0 Å². The predicted octanol–water partition coefficient (Wildman–Crippen LogP) is 4.62. The van der Waals surface area contributed by atoms with Crippen molar-refractivity contribution in [3.05, 3.63) is 29.3 Å². The third-order valence-corrected chi connectivity index (χ3v) is 3.34. The lowest BCUT2D eigenvalue weighted by molar-refractivity contribution is 0.300. The number of nitrogens with one attached hydrogen (secondary N) is 1. The van der Waals surface area contributed by atoms with Gasteiger partial charge in [-0.15, -0.1) is 0 Å². The van der Waals surface area contributed by atoms with Crippen molar-refractivity contribution >= 4 is 0 Å². The summed E-state index contributed by atoms with van der Waals surface area (Å²) in [7, 11) is 0. The van der Waals surface area contributed by atoms with Crippen LogP contribution in [0.25, 0.3) is 0 Å². The molecule has 1 aromatic carbocycles. The molecule has 0 heterocycles. The molecule has 2 heteroatoms. The fourth-order valence-corrected chi connectivity index (χ4v) is 2.13. The van der Waals surface area contributed by atoms with Crippen LogP contribution in [0.5, 0.6) is 5.75 Å². The first-order chi connectivity index (χ1) is 9.19. The largest absolute Gasteiger partial charge is 0.493 e. The van der Waals surface area contributed by atoms with E-state index in [1.807, 2.05) is 0 Å². The number of hydrogen-bond acceptors (Lipinski definition) is 2. The van der Waals surface area contributed by atoms with E-state index in [9.17, 15) is 0 Å². The summed E-state index contributed by atoms with van der Waals surface area (Å²) in [5.41, 5.74) is 2.53.